The Kier molecular flexibility index (Phi) is 4.63. The van der Waals surface area contributed by atoms with Gasteiger partial charge in [-0.05, 0) is 23.3 Å². The van der Waals surface area contributed by atoms with Crippen molar-refractivity contribution in [2.45, 2.75) is 19.8 Å². The summed E-state index contributed by atoms with van der Waals surface area (Å²) < 4.78 is 26.4. The molecule has 3 rings (SSSR count). The summed E-state index contributed by atoms with van der Waals surface area (Å²) in [5.41, 5.74) is 1.77. The van der Waals surface area contributed by atoms with Crippen LogP contribution in [-0.2, 0) is 10.0 Å². The molecule has 0 fully saturated rings. The number of hydrogen-bond donors (Lipinski definition) is 1. The highest BCUT2D eigenvalue weighted by molar-refractivity contribution is 7.92. The molecular weight excluding hydrogens is 328 g/mol. The number of rotatable bonds is 6. The van der Waals surface area contributed by atoms with Crippen molar-refractivity contribution in [2.24, 2.45) is 0 Å². The Balaban J connectivity index is 1.83. The molecule has 23 heavy (non-hydrogen) atoms. The molecule has 1 N–H and O–H groups in total. The minimum absolute atomic E-state index is 0.133. The lowest BCUT2D eigenvalue weighted by molar-refractivity contribution is 0.598. The molecule has 0 spiro atoms. The maximum absolute atomic E-state index is 11.9. The molecular formula is C17H18N2O2S2. The van der Waals surface area contributed by atoms with Crippen LogP contribution in [-0.4, -0.2) is 19.2 Å². The van der Waals surface area contributed by atoms with Crippen molar-refractivity contribution in [3.63, 3.8) is 0 Å². The van der Waals surface area contributed by atoms with Gasteiger partial charge in [0.2, 0.25) is 10.0 Å². The molecule has 0 aliphatic rings. The van der Waals surface area contributed by atoms with E-state index in [9.17, 15) is 8.42 Å². The van der Waals surface area contributed by atoms with Gasteiger partial charge in [-0.1, -0.05) is 49.7 Å². The molecule has 4 nitrogen and oxygen atoms in total. The van der Waals surface area contributed by atoms with Crippen LogP contribution in [0.3, 0.4) is 0 Å². The van der Waals surface area contributed by atoms with Crippen LogP contribution in [0.2, 0.25) is 0 Å². The number of nitrogens with zero attached hydrogens (tertiary/aromatic N) is 1. The Hall–Kier alpha value is -1.92. The molecule has 1 heterocycles. The van der Waals surface area contributed by atoms with Gasteiger partial charge >= 0.3 is 0 Å². The van der Waals surface area contributed by atoms with Gasteiger partial charge in [-0.25, -0.2) is 13.4 Å². The second kappa shape index (κ2) is 6.68. The van der Waals surface area contributed by atoms with Crippen molar-refractivity contribution in [1.29, 1.82) is 0 Å². The van der Waals surface area contributed by atoms with Crippen LogP contribution in [0, 0.1) is 0 Å². The maximum atomic E-state index is 11.9. The Morgan fingerprint density at radius 2 is 1.91 bits per heavy atom. The molecule has 0 atom stereocenters. The molecule has 2 aromatic carbocycles. The molecule has 120 valence electrons. The van der Waals surface area contributed by atoms with Crippen LogP contribution in [0.1, 0.15) is 19.8 Å². The average Bonchev–Trinajstić information content (AvgIpc) is 3.00. The third-order valence-electron chi connectivity index (χ3n) is 3.56. The molecule has 6 heteroatoms. The molecule has 0 saturated carbocycles. The topological polar surface area (TPSA) is 59.1 Å². The molecule has 0 radical (unpaired) electrons. The Morgan fingerprint density at radius 1 is 1.13 bits per heavy atom. The van der Waals surface area contributed by atoms with Gasteiger partial charge in [0.05, 0.1) is 11.4 Å². The van der Waals surface area contributed by atoms with Crippen molar-refractivity contribution in [3.05, 3.63) is 47.8 Å². The number of aromatic nitrogens is 1. The van der Waals surface area contributed by atoms with E-state index in [1.807, 2.05) is 30.5 Å². The van der Waals surface area contributed by atoms with Gasteiger partial charge in [-0.15, -0.1) is 11.3 Å². The highest BCUT2D eigenvalue weighted by Crippen LogP contribution is 2.28. The first-order chi connectivity index (χ1) is 11.1. The van der Waals surface area contributed by atoms with Crippen LogP contribution in [0.4, 0.5) is 5.13 Å². The third-order valence-corrected chi connectivity index (χ3v) is 5.78. The fourth-order valence-electron chi connectivity index (χ4n) is 2.32. The number of thiazole rings is 1. The van der Waals surface area contributed by atoms with E-state index in [0.717, 1.165) is 23.1 Å². The van der Waals surface area contributed by atoms with Gasteiger partial charge in [0.25, 0.3) is 0 Å². The molecule has 0 amide bonds. The molecule has 0 aliphatic heterocycles. The maximum Gasteiger partial charge on any atom is 0.234 e. The van der Waals surface area contributed by atoms with E-state index in [2.05, 4.69) is 34.0 Å². The van der Waals surface area contributed by atoms with Crippen molar-refractivity contribution in [1.82, 2.24) is 4.98 Å². The summed E-state index contributed by atoms with van der Waals surface area (Å²) in [6, 6.07) is 14.3. The van der Waals surface area contributed by atoms with E-state index in [1.165, 1.54) is 16.7 Å². The van der Waals surface area contributed by atoms with Crippen LogP contribution >= 0.6 is 11.3 Å². The van der Waals surface area contributed by atoms with Crippen LogP contribution in [0.25, 0.3) is 22.0 Å². The number of fused-ring (bicyclic) bond motifs is 1. The normalized spacial score (nSPS) is 11.7. The van der Waals surface area contributed by atoms with E-state index in [0.29, 0.717) is 11.6 Å². The second-order valence-corrected chi connectivity index (χ2v) is 8.07. The summed E-state index contributed by atoms with van der Waals surface area (Å²) in [6.45, 7) is 1.97. The Morgan fingerprint density at radius 3 is 2.70 bits per heavy atom. The average molecular weight is 346 g/mol. The first-order valence-corrected chi connectivity index (χ1v) is 10.1. The predicted octanol–water partition coefficient (Wildman–Crippen LogP) is 4.51. The molecule has 0 saturated heterocycles. The van der Waals surface area contributed by atoms with Gasteiger partial charge in [0, 0.05) is 10.9 Å². The van der Waals surface area contributed by atoms with Crippen molar-refractivity contribution in [3.8, 4) is 11.3 Å². The Bertz CT molecular complexity index is 917. The van der Waals surface area contributed by atoms with E-state index in [-0.39, 0.29) is 5.75 Å². The minimum atomic E-state index is -3.30. The number of unbranched alkanes of at least 4 members (excludes halogenated alkanes) is 1. The van der Waals surface area contributed by atoms with Gasteiger partial charge < -0.3 is 0 Å². The summed E-state index contributed by atoms with van der Waals surface area (Å²) in [4.78, 5) is 4.41. The molecule has 0 unspecified atom stereocenters. The third kappa shape index (κ3) is 3.89. The monoisotopic (exact) mass is 346 g/mol. The zero-order valence-electron chi connectivity index (χ0n) is 12.8. The van der Waals surface area contributed by atoms with E-state index >= 15 is 0 Å². The minimum Gasteiger partial charge on any atom is -0.259 e. The second-order valence-electron chi connectivity index (χ2n) is 5.37. The number of benzene rings is 2. The first kappa shape index (κ1) is 16.0. The van der Waals surface area contributed by atoms with Crippen molar-refractivity contribution in [2.75, 3.05) is 10.5 Å². The summed E-state index contributed by atoms with van der Waals surface area (Å²) in [7, 11) is -3.30. The lowest BCUT2D eigenvalue weighted by atomic mass is 10.1. The molecule has 1 aromatic heterocycles. The van der Waals surface area contributed by atoms with E-state index in [1.54, 1.807) is 0 Å². The Labute approximate surface area is 140 Å². The van der Waals surface area contributed by atoms with E-state index < -0.39 is 10.0 Å². The lowest BCUT2D eigenvalue weighted by Gasteiger charge is -2.03. The van der Waals surface area contributed by atoms with Crippen molar-refractivity contribution < 1.29 is 8.42 Å². The number of sulfonamides is 1. The number of anilines is 1. The predicted molar refractivity (Wildman–Crippen MR) is 97.4 cm³/mol. The molecule has 0 aliphatic carbocycles. The quantitative estimate of drug-likeness (QED) is 0.714. The lowest BCUT2D eigenvalue weighted by Crippen LogP contribution is -2.16. The van der Waals surface area contributed by atoms with Gasteiger partial charge in [-0.2, -0.15) is 0 Å². The van der Waals surface area contributed by atoms with Crippen LogP contribution in [0.5, 0.6) is 0 Å². The molecule has 0 bridgehead atoms. The number of nitrogens with one attached hydrogen (secondary N) is 1. The SMILES string of the molecule is CCCCS(=O)(=O)Nc1nc(-c2ccc3ccccc3c2)cs1. The summed E-state index contributed by atoms with van der Waals surface area (Å²) in [5, 5.41) is 4.61. The van der Waals surface area contributed by atoms with E-state index in [4.69, 9.17) is 0 Å². The zero-order valence-corrected chi connectivity index (χ0v) is 14.5. The molecule has 3 aromatic rings. The van der Waals surface area contributed by atoms with Crippen LogP contribution in [0.15, 0.2) is 47.8 Å². The van der Waals surface area contributed by atoms with Gasteiger partial charge in [0.1, 0.15) is 0 Å². The summed E-state index contributed by atoms with van der Waals surface area (Å²) >= 11 is 1.31. The smallest absolute Gasteiger partial charge is 0.234 e. The largest absolute Gasteiger partial charge is 0.259 e. The highest BCUT2D eigenvalue weighted by Gasteiger charge is 2.13. The summed E-state index contributed by atoms with van der Waals surface area (Å²) in [6.07, 6.45) is 1.50. The zero-order chi connectivity index (χ0) is 16.3. The fourth-order valence-corrected chi connectivity index (χ4v) is 4.54. The summed E-state index contributed by atoms with van der Waals surface area (Å²) in [5.74, 6) is 0.133. The van der Waals surface area contributed by atoms with Gasteiger partial charge in [0.15, 0.2) is 5.13 Å². The number of hydrogen-bond acceptors (Lipinski definition) is 4. The van der Waals surface area contributed by atoms with Gasteiger partial charge in [-0.3, -0.25) is 4.72 Å². The highest BCUT2D eigenvalue weighted by atomic mass is 32.2. The first-order valence-electron chi connectivity index (χ1n) is 7.52. The fraction of sp³-hybridized carbons (Fsp3) is 0.235. The van der Waals surface area contributed by atoms with Crippen LogP contribution < -0.4 is 4.72 Å². The standard InChI is InChI=1S/C17H18N2O2S2/c1-2-3-10-23(20,21)19-17-18-16(12-22-17)15-9-8-13-6-4-5-7-14(13)11-15/h4-9,11-12H,2-3,10H2,1H3,(H,18,19). The van der Waals surface area contributed by atoms with Crippen molar-refractivity contribution >= 4 is 37.3 Å².